The van der Waals surface area contributed by atoms with Crippen LogP contribution in [0.3, 0.4) is 0 Å². The van der Waals surface area contributed by atoms with E-state index < -0.39 is 0 Å². The zero-order valence-corrected chi connectivity index (χ0v) is 8.07. The van der Waals surface area contributed by atoms with E-state index in [1.807, 2.05) is 0 Å². The molecule has 0 aliphatic carbocycles. The van der Waals surface area contributed by atoms with Gasteiger partial charge in [0.15, 0.2) is 0 Å². The van der Waals surface area contributed by atoms with Gasteiger partial charge in [-0.15, -0.1) is 11.6 Å². The first kappa shape index (κ1) is 10.0. The van der Waals surface area contributed by atoms with Gasteiger partial charge < -0.3 is 0 Å². The van der Waals surface area contributed by atoms with Gasteiger partial charge in [-0.25, -0.2) is 0 Å². The Bertz CT molecular complexity index is 108. The second kappa shape index (κ2) is 4.02. The van der Waals surface area contributed by atoms with Gasteiger partial charge >= 0.3 is 0 Å². The van der Waals surface area contributed by atoms with E-state index in [0.29, 0.717) is 0 Å². The topological polar surface area (TPSA) is 0 Å². The molecule has 0 aliphatic heterocycles. The van der Waals surface area contributed by atoms with Crippen molar-refractivity contribution in [1.82, 2.24) is 0 Å². The Hall–Kier alpha value is 0.0300. The molecule has 0 saturated carbocycles. The number of hydrogen-bond donors (Lipinski definition) is 0. The van der Waals surface area contributed by atoms with Crippen molar-refractivity contribution in [2.75, 3.05) is 0 Å². The molecule has 0 rings (SSSR count). The number of alkyl halides is 1. The van der Waals surface area contributed by atoms with Crippen molar-refractivity contribution in [1.29, 1.82) is 0 Å². The van der Waals surface area contributed by atoms with Crippen molar-refractivity contribution in [3.05, 3.63) is 12.2 Å². The predicted molar refractivity (Wildman–Crippen MR) is 48.5 cm³/mol. The predicted octanol–water partition coefficient (Wildman–Crippen LogP) is 3.61. The molecule has 0 N–H and O–H groups in total. The van der Waals surface area contributed by atoms with Crippen molar-refractivity contribution < 1.29 is 0 Å². The van der Waals surface area contributed by atoms with Crippen LogP contribution < -0.4 is 0 Å². The molecule has 0 aromatic heterocycles. The van der Waals surface area contributed by atoms with E-state index in [0.717, 1.165) is 6.42 Å². The van der Waals surface area contributed by atoms with Crippen LogP contribution in [0.25, 0.3) is 0 Å². The van der Waals surface area contributed by atoms with Gasteiger partial charge in [0, 0.05) is 0 Å². The zero-order valence-electron chi connectivity index (χ0n) is 7.32. The Morgan fingerprint density at radius 3 is 2.20 bits per heavy atom. The molecule has 1 unspecified atom stereocenters. The van der Waals surface area contributed by atoms with Crippen molar-refractivity contribution in [3.8, 4) is 0 Å². The highest BCUT2D eigenvalue weighted by molar-refractivity contribution is 6.22. The Labute approximate surface area is 69.3 Å². The smallest absolute Gasteiger partial charge is 0.0564 e. The van der Waals surface area contributed by atoms with E-state index in [2.05, 4.69) is 39.8 Å². The molecule has 0 aromatic rings. The lowest BCUT2D eigenvalue weighted by Gasteiger charge is -2.21. The van der Waals surface area contributed by atoms with Crippen LogP contribution in [0.1, 0.15) is 34.1 Å². The summed E-state index contributed by atoms with van der Waals surface area (Å²) in [7, 11) is 0. The van der Waals surface area contributed by atoms with E-state index in [1.165, 1.54) is 0 Å². The van der Waals surface area contributed by atoms with Crippen LogP contribution in [-0.2, 0) is 0 Å². The number of allylic oxidation sites excluding steroid dienone is 2. The van der Waals surface area contributed by atoms with Gasteiger partial charge in [0.25, 0.3) is 0 Å². The number of rotatable bonds is 2. The highest BCUT2D eigenvalue weighted by atomic mass is 35.5. The van der Waals surface area contributed by atoms with Gasteiger partial charge in [-0.2, -0.15) is 0 Å². The highest BCUT2D eigenvalue weighted by Gasteiger charge is 2.18. The largest absolute Gasteiger partial charge is 0.118 e. The van der Waals surface area contributed by atoms with Crippen LogP contribution in [0.15, 0.2) is 12.2 Å². The molecule has 0 amide bonds. The van der Waals surface area contributed by atoms with Gasteiger partial charge in [-0.3, -0.25) is 0 Å². The van der Waals surface area contributed by atoms with Crippen molar-refractivity contribution in [2.45, 2.75) is 39.5 Å². The second-order valence-corrected chi connectivity index (χ2v) is 4.07. The quantitative estimate of drug-likeness (QED) is 0.428. The van der Waals surface area contributed by atoms with Gasteiger partial charge in [0.1, 0.15) is 0 Å². The molecule has 0 aromatic carbocycles. The van der Waals surface area contributed by atoms with E-state index in [1.54, 1.807) is 0 Å². The van der Waals surface area contributed by atoms with E-state index in [4.69, 9.17) is 11.6 Å². The van der Waals surface area contributed by atoms with E-state index >= 15 is 0 Å². The van der Waals surface area contributed by atoms with Gasteiger partial charge in [0.2, 0.25) is 0 Å². The molecule has 0 nitrogen and oxygen atoms in total. The summed E-state index contributed by atoms with van der Waals surface area (Å²) in [4.78, 5) is 0. The van der Waals surface area contributed by atoms with Crippen LogP contribution in [0.2, 0.25) is 0 Å². The first-order valence-electron chi connectivity index (χ1n) is 3.79. The Morgan fingerprint density at radius 2 is 1.90 bits per heavy atom. The minimum Gasteiger partial charge on any atom is -0.118 e. The fourth-order valence-electron chi connectivity index (χ4n) is 0.544. The standard InChI is InChI=1S/C9H17Cl/c1-5-6-7-8(10)9(2,3)4/h6-8H,5H2,1-4H3. The normalized spacial score (nSPS) is 16.1. The van der Waals surface area contributed by atoms with Crippen molar-refractivity contribution >= 4 is 11.6 Å². The lowest BCUT2D eigenvalue weighted by Crippen LogP contribution is -2.17. The molecule has 0 aliphatic rings. The maximum Gasteiger partial charge on any atom is 0.0564 e. The maximum atomic E-state index is 6.05. The minimum atomic E-state index is 0.160. The van der Waals surface area contributed by atoms with Crippen molar-refractivity contribution in [2.24, 2.45) is 5.41 Å². The van der Waals surface area contributed by atoms with Crippen LogP contribution >= 0.6 is 11.6 Å². The third kappa shape index (κ3) is 3.94. The molecule has 0 fully saturated rings. The lowest BCUT2D eigenvalue weighted by atomic mass is 9.91. The molecule has 0 bridgehead atoms. The average molecular weight is 161 g/mol. The monoisotopic (exact) mass is 160 g/mol. The summed E-state index contributed by atoms with van der Waals surface area (Å²) in [6, 6.07) is 0. The van der Waals surface area contributed by atoms with Gasteiger partial charge in [-0.05, 0) is 11.8 Å². The molecule has 10 heavy (non-hydrogen) atoms. The summed E-state index contributed by atoms with van der Waals surface area (Å²) >= 11 is 6.05. The SMILES string of the molecule is CCC=CC(Cl)C(C)(C)C. The summed E-state index contributed by atoms with van der Waals surface area (Å²) in [6.45, 7) is 8.54. The molecular formula is C9H17Cl. The maximum absolute atomic E-state index is 6.05. The Balaban J connectivity index is 3.84. The molecule has 0 saturated heterocycles. The van der Waals surface area contributed by atoms with Gasteiger partial charge in [0.05, 0.1) is 5.38 Å². The Morgan fingerprint density at radius 1 is 1.40 bits per heavy atom. The molecular weight excluding hydrogens is 144 g/mol. The highest BCUT2D eigenvalue weighted by Crippen LogP contribution is 2.25. The summed E-state index contributed by atoms with van der Waals surface area (Å²) in [5, 5.41) is 0.160. The minimum absolute atomic E-state index is 0.160. The van der Waals surface area contributed by atoms with Crippen LogP contribution in [0, 0.1) is 5.41 Å². The number of hydrogen-bond acceptors (Lipinski definition) is 0. The molecule has 60 valence electrons. The summed E-state index contributed by atoms with van der Waals surface area (Å²) in [6.07, 6.45) is 5.25. The van der Waals surface area contributed by atoms with Crippen molar-refractivity contribution in [3.63, 3.8) is 0 Å². The third-order valence-corrected chi connectivity index (χ3v) is 2.17. The van der Waals surface area contributed by atoms with E-state index in [-0.39, 0.29) is 10.8 Å². The first-order valence-corrected chi connectivity index (χ1v) is 4.23. The van der Waals surface area contributed by atoms with Crippen LogP contribution in [0.4, 0.5) is 0 Å². The van der Waals surface area contributed by atoms with Crippen LogP contribution in [-0.4, -0.2) is 5.38 Å². The summed E-state index contributed by atoms with van der Waals surface area (Å²) < 4.78 is 0. The molecule has 1 atom stereocenters. The molecule has 0 radical (unpaired) electrons. The zero-order chi connectivity index (χ0) is 8.20. The Kier molecular flexibility index (Phi) is 4.04. The lowest BCUT2D eigenvalue weighted by molar-refractivity contribution is 0.427. The fraction of sp³-hybridized carbons (Fsp3) is 0.778. The molecule has 0 heterocycles. The number of halogens is 1. The fourth-order valence-corrected chi connectivity index (χ4v) is 0.647. The molecule has 0 spiro atoms. The first-order chi connectivity index (χ1) is 4.48. The van der Waals surface area contributed by atoms with Gasteiger partial charge in [-0.1, -0.05) is 39.8 Å². The second-order valence-electron chi connectivity index (χ2n) is 3.60. The van der Waals surface area contributed by atoms with E-state index in [9.17, 15) is 0 Å². The molecule has 1 heteroatoms. The third-order valence-electron chi connectivity index (χ3n) is 1.37. The summed E-state index contributed by atoms with van der Waals surface area (Å²) in [5.41, 5.74) is 0.188. The van der Waals surface area contributed by atoms with Crippen LogP contribution in [0.5, 0.6) is 0 Å². The summed E-state index contributed by atoms with van der Waals surface area (Å²) in [5.74, 6) is 0. The average Bonchev–Trinajstić information content (AvgIpc) is 1.80.